The molecular weight excluding hydrogens is 280 g/mol. The first-order chi connectivity index (χ1) is 9.35. The van der Waals surface area contributed by atoms with Gasteiger partial charge in [0.1, 0.15) is 0 Å². The molecule has 7 heteroatoms. The standard InChI is InChI=1S/C13H18N2O4S/c1-3-19-13(16)8-20(17,18)15-5-4-10-6-9(2)11(14)7-12(10)15/h6-7H,3-5,8,14H2,1-2H3. The third-order valence-electron chi connectivity index (χ3n) is 3.26. The number of fused-ring (bicyclic) bond motifs is 1. The Balaban J connectivity index is 2.29. The lowest BCUT2D eigenvalue weighted by Crippen LogP contribution is -2.34. The second-order valence-electron chi connectivity index (χ2n) is 4.72. The van der Waals surface area contributed by atoms with E-state index >= 15 is 0 Å². The number of nitrogens with zero attached hydrogens (tertiary/aromatic N) is 1. The molecule has 0 amide bonds. The van der Waals surface area contributed by atoms with Crippen molar-refractivity contribution in [3.8, 4) is 0 Å². The number of aryl methyl sites for hydroxylation is 1. The summed E-state index contributed by atoms with van der Waals surface area (Å²) in [7, 11) is -3.72. The number of nitrogens with two attached hydrogens (primary N) is 1. The molecule has 0 fully saturated rings. The molecule has 0 aromatic heterocycles. The summed E-state index contributed by atoms with van der Waals surface area (Å²) in [6, 6.07) is 3.55. The van der Waals surface area contributed by atoms with Crippen molar-refractivity contribution in [1.82, 2.24) is 0 Å². The molecule has 0 atom stereocenters. The molecule has 0 unspecified atom stereocenters. The lowest BCUT2D eigenvalue weighted by Gasteiger charge is -2.19. The summed E-state index contributed by atoms with van der Waals surface area (Å²) in [5.74, 6) is -1.38. The molecule has 0 spiro atoms. The highest BCUT2D eigenvalue weighted by Gasteiger charge is 2.32. The zero-order chi connectivity index (χ0) is 14.9. The molecule has 20 heavy (non-hydrogen) atoms. The number of anilines is 2. The zero-order valence-electron chi connectivity index (χ0n) is 11.5. The van der Waals surface area contributed by atoms with Crippen molar-refractivity contribution < 1.29 is 17.9 Å². The van der Waals surface area contributed by atoms with Gasteiger partial charge in [-0.15, -0.1) is 0 Å². The summed E-state index contributed by atoms with van der Waals surface area (Å²) >= 11 is 0. The van der Waals surface area contributed by atoms with Gasteiger partial charge in [-0.2, -0.15) is 0 Å². The van der Waals surface area contributed by atoms with Crippen LogP contribution in [-0.2, 0) is 26.0 Å². The third-order valence-corrected chi connectivity index (χ3v) is 4.91. The van der Waals surface area contributed by atoms with Crippen molar-refractivity contribution in [3.05, 3.63) is 23.3 Å². The largest absolute Gasteiger partial charge is 0.465 e. The molecule has 0 saturated carbocycles. The topological polar surface area (TPSA) is 89.7 Å². The second kappa shape index (κ2) is 5.32. The molecule has 6 nitrogen and oxygen atoms in total. The van der Waals surface area contributed by atoms with Crippen LogP contribution in [0, 0.1) is 6.92 Å². The van der Waals surface area contributed by atoms with Crippen molar-refractivity contribution >= 4 is 27.4 Å². The van der Waals surface area contributed by atoms with Crippen molar-refractivity contribution in [2.45, 2.75) is 20.3 Å². The van der Waals surface area contributed by atoms with Crippen molar-refractivity contribution in [3.63, 3.8) is 0 Å². The lowest BCUT2D eigenvalue weighted by atomic mass is 10.1. The summed E-state index contributed by atoms with van der Waals surface area (Å²) < 4.78 is 30.5. The van der Waals surface area contributed by atoms with Crippen LogP contribution in [0.25, 0.3) is 0 Å². The Kier molecular flexibility index (Phi) is 3.89. The van der Waals surface area contributed by atoms with E-state index in [1.807, 2.05) is 13.0 Å². The minimum atomic E-state index is -3.72. The number of nitrogen functional groups attached to an aromatic ring is 1. The number of carbonyl (C=O) groups excluding carboxylic acids is 1. The zero-order valence-corrected chi connectivity index (χ0v) is 12.4. The van der Waals surface area contributed by atoms with Crippen molar-refractivity contribution in [2.75, 3.05) is 28.9 Å². The number of ether oxygens (including phenoxy) is 1. The minimum Gasteiger partial charge on any atom is -0.465 e. The first kappa shape index (κ1) is 14.6. The van der Waals surface area contributed by atoms with Crippen LogP contribution in [0.5, 0.6) is 0 Å². The van der Waals surface area contributed by atoms with E-state index < -0.39 is 21.7 Å². The van der Waals surface area contributed by atoms with Crippen LogP contribution in [0.2, 0.25) is 0 Å². The van der Waals surface area contributed by atoms with E-state index in [1.165, 1.54) is 4.31 Å². The number of sulfonamides is 1. The molecule has 0 saturated heterocycles. The van der Waals surface area contributed by atoms with Crippen molar-refractivity contribution in [1.29, 1.82) is 0 Å². The van der Waals surface area contributed by atoms with E-state index in [1.54, 1.807) is 13.0 Å². The van der Waals surface area contributed by atoms with Gasteiger partial charge >= 0.3 is 5.97 Å². The Labute approximate surface area is 118 Å². The van der Waals surface area contributed by atoms with Gasteiger partial charge in [0, 0.05) is 12.2 Å². The molecule has 0 aliphatic carbocycles. The summed E-state index contributed by atoms with van der Waals surface area (Å²) in [5, 5.41) is 0. The minimum absolute atomic E-state index is 0.164. The fourth-order valence-electron chi connectivity index (χ4n) is 2.27. The van der Waals surface area contributed by atoms with Crippen LogP contribution in [0.1, 0.15) is 18.1 Å². The predicted octanol–water partition coefficient (Wildman–Crippen LogP) is 0.833. The summed E-state index contributed by atoms with van der Waals surface area (Å²) in [4.78, 5) is 11.4. The van der Waals surface area contributed by atoms with Gasteiger partial charge in [0.15, 0.2) is 5.75 Å². The highest BCUT2D eigenvalue weighted by atomic mass is 32.2. The van der Waals surface area contributed by atoms with E-state index in [-0.39, 0.29) is 6.61 Å². The number of hydrogen-bond donors (Lipinski definition) is 1. The van der Waals surface area contributed by atoms with Crippen LogP contribution in [0.3, 0.4) is 0 Å². The van der Waals surface area contributed by atoms with Gasteiger partial charge in [0.25, 0.3) is 0 Å². The normalized spacial score (nSPS) is 14.2. The van der Waals surface area contributed by atoms with E-state index in [4.69, 9.17) is 10.5 Å². The maximum Gasteiger partial charge on any atom is 0.323 e. The Morgan fingerprint density at radius 3 is 2.80 bits per heavy atom. The molecule has 1 aromatic carbocycles. The molecule has 1 aromatic rings. The quantitative estimate of drug-likeness (QED) is 0.657. The number of carbonyl (C=O) groups is 1. The number of rotatable bonds is 4. The maximum atomic E-state index is 12.3. The molecule has 0 bridgehead atoms. The number of esters is 1. The summed E-state index contributed by atoms with van der Waals surface area (Å²) in [6.07, 6.45) is 0.624. The average Bonchev–Trinajstić information content (AvgIpc) is 2.72. The van der Waals surface area contributed by atoms with Crippen LogP contribution in [0.4, 0.5) is 11.4 Å². The van der Waals surface area contributed by atoms with Crippen LogP contribution in [-0.4, -0.2) is 33.3 Å². The molecule has 1 aliphatic heterocycles. The van der Waals surface area contributed by atoms with Gasteiger partial charge in [0.05, 0.1) is 12.3 Å². The van der Waals surface area contributed by atoms with Gasteiger partial charge in [-0.25, -0.2) is 8.42 Å². The molecule has 2 N–H and O–H groups in total. The average molecular weight is 298 g/mol. The Morgan fingerprint density at radius 2 is 2.15 bits per heavy atom. The van der Waals surface area contributed by atoms with E-state index in [0.717, 1.165) is 11.1 Å². The molecule has 110 valence electrons. The Hall–Kier alpha value is -1.76. The number of benzene rings is 1. The Bertz CT molecular complexity index is 640. The van der Waals surface area contributed by atoms with Crippen LogP contribution in [0.15, 0.2) is 12.1 Å². The smallest absolute Gasteiger partial charge is 0.323 e. The fourth-order valence-corrected chi connectivity index (χ4v) is 3.64. The van der Waals surface area contributed by atoms with E-state index in [0.29, 0.717) is 24.3 Å². The molecule has 1 heterocycles. The van der Waals surface area contributed by atoms with Gasteiger partial charge in [0.2, 0.25) is 10.0 Å². The van der Waals surface area contributed by atoms with E-state index in [2.05, 4.69) is 0 Å². The van der Waals surface area contributed by atoms with Crippen LogP contribution < -0.4 is 10.0 Å². The first-order valence-electron chi connectivity index (χ1n) is 6.40. The predicted molar refractivity (Wildman–Crippen MR) is 77.1 cm³/mol. The SMILES string of the molecule is CCOC(=O)CS(=O)(=O)N1CCc2cc(C)c(N)cc21. The molecule has 2 rings (SSSR count). The van der Waals surface area contributed by atoms with Gasteiger partial charge in [-0.3, -0.25) is 9.10 Å². The first-order valence-corrected chi connectivity index (χ1v) is 8.01. The molecular formula is C13H18N2O4S. The number of hydrogen-bond acceptors (Lipinski definition) is 5. The second-order valence-corrected chi connectivity index (χ2v) is 6.61. The van der Waals surface area contributed by atoms with Gasteiger partial charge in [-0.05, 0) is 37.5 Å². The summed E-state index contributed by atoms with van der Waals surface area (Å²) in [5.41, 5.74) is 8.80. The van der Waals surface area contributed by atoms with Gasteiger partial charge in [-0.1, -0.05) is 6.07 Å². The Morgan fingerprint density at radius 1 is 1.45 bits per heavy atom. The van der Waals surface area contributed by atoms with Crippen LogP contribution >= 0.6 is 0 Å². The third kappa shape index (κ3) is 2.72. The maximum absolute atomic E-state index is 12.3. The fraction of sp³-hybridized carbons (Fsp3) is 0.462. The monoisotopic (exact) mass is 298 g/mol. The lowest BCUT2D eigenvalue weighted by molar-refractivity contribution is -0.139. The highest BCUT2D eigenvalue weighted by Crippen LogP contribution is 2.33. The van der Waals surface area contributed by atoms with E-state index in [9.17, 15) is 13.2 Å². The van der Waals surface area contributed by atoms with Gasteiger partial charge < -0.3 is 10.5 Å². The molecule has 1 aliphatic rings. The summed E-state index contributed by atoms with van der Waals surface area (Å²) in [6.45, 7) is 4.02. The molecule has 0 radical (unpaired) electrons. The highest BCUT2D eigenvalue weighted by molar-refractivity contribution is 7.93. The van der Waals surface area contributed by atoms with Crippen molar-refractivity contribution in [2.24, 2.45) is 0 Å².